The Bertz CT molecular complexity index is 776. The second-order valence-corrected chi connectivity index (χ2v) is 6.54. The summed E-state index contributed by atoms with van der Waals surface area (Å²) < 4.78 is 5.18. The Labute approximate surface area is 178 Å². The van der Waals surface area contributed by atoms with Crippen molar-refractivity contribution >= 4 is 29.9 Å². The maximum atomic E-state index is 10.3. The predicted molar refractivity (Wildman–Crippen MR) is 120 cm³/mol. The van der Waals surface area contributed by atoms with E-state index in [4.69, 9.17) is 4.74 Å². The number of phenolic OH excluding ortho intramolecular Hbond substituents is 1. The number of guanidine groups is 1. The van der Waals surface area contributed by atoms with Crippen LogP contribution in [0.15, 0.2) is 41.4 Å². The summed E-state index contributed by atoms with van der Waals surface area (Å²) in [6.45, 7) is 1.24. The number of rotatable bonds is 5. The number of aliphatic imine (C=N–C) groups is 1. The number of methoxy groups -OCH3 is 1. The summed E-state index contributed by atoms with van der Waals surface area (Å²) in [5.74, 6) is 1.93. The molecule has 0 atom stereocenters. The first-order valence-electron chi connectivity index (χ1n) is 9.11. The quantitative estimate of drug-likeness (QED) is 0.346. The highest BCUT2D eigenvalue weighted by Crippen LogP contribution is 2.30. The third-order valence-corrected chi connectivity index (χ3v) is 4.90. The van der Waals surface area contributed by atoms with Gasteiger partial charge in [0, 0.05) is 25.7 Å². The van der Waals surface area contributed by atoms with Crippen LogP contribution < -0.4 is 15.4 Å². The summed E-state index contributed by atoms with van der Waals surface area (Å²) in [5.41, 5.74) is 4.81. The number of nitrogens with one attached hydrogen (secondary N) is 2. The largest absolute Gasteiger partial charge is 0.508 e. The number of phenols is 1. The van der Waals surface area contributed by atoms with Gasteiger partial charge in [0.15, 0.2) is 5.96 Å². The molecule has 0 amide bonds. The molecule has 27 heavy (non-hydrogen) atoms. The van der Waals surface area contributed by atoms with Crippen LogP contribution >= 0.6 is 24.0 Å². The van der Waals surface area contributed by atoms with E-state index in [0.29, 0.717) is 24.8 Å². The molecular weight excluding hydrogens is 453 g/mol. The van der Waals surface area contributed by atoms with E-state index in [1.165, 1.54) is 24.0 Å². The molecule has 0 bridgehead atoms. The maximum absolute atomic E-state index is 10.3. The van der Waals surface area contributed by atoms with Crippen molar-refractivity contribution in [2.24, 2.45) is 4.99 Å². The zero-order valence-corrected chi connectivity index (χ0v) is 18.2. The van der Waals surface area contributed by atoms with E-state index >= 15 is 0 Å². The topological polar surface area (TPSA) is 65.9 Å². The Kier molecular flexibility index (Phi) is 8.22. The first-order valence-corrected chi connectivity index (χ1v) is 9.11. The van der Waals surface area contributed by atoms with Crippen LogP contribution in [0.25, 0.3) is 0 Å². The molecule has 2 aromatic carbocycles. The van der Waals surface area contributed by atoms with Crippen LogP contribution in [-0.4, -0.2) is 25.2 Å². The molecule has 146 valence electrons. The van der Waals surface area contributed by atoms with Gasteiger partial charge < -0.3 is 20.5 Å². The second kappa shape index (κ2) is 10.4. The van der Waals surface area contributed by atoms with Crippen LogP contribution in [0, 0.1) is 0 Å². The van der Waals surface area contributed by atoms with Crippen molar-refractivity contribution in [3.05, 3.63) is 58.7 Å². The minimum atomic E-state index is 0. The molecule has 0 heterocycles. The van der Waals surface area contributed by atoms with Crippen LogP contribution in [-0.2, 0) is 25.9 Å². The molecule has 1 aliphatic carbocycles. The lowest BCUT2D eigenvalue weighted by molar-refractivity contribution is 0.414. The minimum Gasteiger partial charge on any atom is -0.508 e. The van der Waals surface area contributed by atoms with Crippen LogP contribution in [0.4, 0.5) is 0 Å². The lowest BCUT2D eigenvalue weighted by Gasteiger charge is -2.21. The summed E-state index contributed by atoms with van der Waals surface area (Å²) in [5, 5.41) is 16.9. The van der Waals surface area contributed by atoms with Gasteiger partial charge in [-0.2, -0.15) is 0 Å². The molecule has 6 heteroatoms. The molecule has 0 radical (unpaired) electrons. The van der Waals surface area contributed by atoms with Crippen molar-refractivity contribution < 1.29 is 9.84 Å². The van der Waals surface area contributed by atoms with Crippen molar-refractivity contribution in [2.75, 3.05) is 14.2 Å². The van der Waals surface area contributed by atoms with E-state index in [0.717, 1.165) is 29.7 Å². The van der Waals surface area contributed by atoms with E-state index < -0.39 is 0 Å². The molecule has 0 unspecified atom stereocenters. The molecule has 2 aromatic rings. The molecule has 0 aromatic heterocycles. The minimum absolute atomic E-state index is 0. The Balaban J connectivity index is 0.00000261. The monoisotopic (exact) mass is 481 g/mol. The van der Waals surface area contributed by atoms with Crippen LogP contribution in [0.2, 0.25) is 0 Å². The number of nitrogens with zero attached hydrogens (tertiary/aromatic N) is 1. The van der Waals surface area contributed by atoms with Gasteiger partial charge in [-0.25, -0.2) is 0 Å². The van der Waals surface area contributed by atoms with Crippen LogP contribution in [0.1, 0.15) is 35.1 Å². The maximum Gasteiger partial charge on any atom is 0.191 e. The molecule has 3 rings (SSSR count). The fourth-order valence-electron chi connectivity index (χ4n) is 3.41. The number of hydrogen-bond acceptors (Lipinski definition) is 3. The van der Waals surface area contributed by atoms with Gasteiger partial charge >= 0.3 is 0 Å². The average molecular weight is 481 g/mol. The highest BCUT2D eigenvalue weighted by Gasteiger charge is 2.16. The average Bonchev–Trinajstić information content (AvgIpc) is 2.69. The number of aromatic hydroxyl groups is 1. The summed E-state index contributed by atoms with van der Waals surface area (Å²) in [6, 6.07) is 11.8. The van der Waals surface area contributed by atoms with E-state index in [1.54, 1.807) is 14.2 Å². The van der Waals surface area contributed by atoms with Gasteiger partial charge in [0.1, 0.15) is 11.5 Å². The molecule has 0 fully saturated rings. The zero-order valence-electron chi connectivity index (χ0n) is 15.9. The number of fused-ring (bicyclic) bond motifs is 1. The Morgan fingerprint density at radius 1 is 1.04 bits per heavy atom. The number of hydrogen-bond donors (Lipinski definition) is 3. The van der Waals surface area contributed by atoms with E-state index in [-0.39, 0.29) is 24.0 Å². The smallest absolute Gasteiger partial charge is 0.191 e. The van der Waals surface area contributed by atoms with Gasteiger partial charge in [0.2, 0.25) is 0 Å². The van der Waals surface area contributed by atoms with Gasteiger partial charge in [-0.3, -0.25) is 4.99 Å². The van der Waals surface area contributed by atoms with Crippen molar-refractivity contribution in [1.29, 1.82) is 0 Å². The summed E-state index contributed by atoms with van der Waals surface area (Å²) in [6.07, 6.45) is 4.56. The van der Waals surface area contributed by atoms with E-state index in [9.17, 15) is 5.11 Å². The SMILES string of the molecule is CN=C(NCc1ccc(OC)cc1)NCc1c(O)ccc2c1CCCC2.I. The lowest BCUT2D eigenvalue weighted by Crippen LogP contribution is -2.36. The van der Waals surface area contributed by atoms with Gasteiger partial charge in [0.25, 0.3) is 0 Å². The second-order valence-electron chi connectivity index (χ2n) is 6.54. The van der Waals surface area contributed by atoms with E-state index in [1.807, 2.05) is 30.3 Å². The molecule has 0 spiro atoms. The van der Waals surface area contributed by atoms with Gasteiger partial charge in [-0.05, 0) is 60.6 Å². The van der Waals surface area contributed by atoms with Gasteiger partial charge in [0.05, 0.1) is 7.11 Å². The fraction of sp³-hybridized carbons (Fsp3) is 0.381. The Hall–Kier alpha value is -1.96. The van der Waals surface area contributed by atoms with Crippen LogP contribution in [0.5, 0.6) is 11.5 Å². The van der Waals surface area contributed by atoms with Crippen molar-refractivity contribution in [2.45, 2.75) is 38.8 Å². The molecule has 0 saturated carbocycles. The Morgan fingerprint density at radius 3 is 2.44 bits per heavy atom. The van der Waals surface area contributed by atoms with E-state index in [2.05, 4.69) is 21.7 Å². The highest BCUT2D eigenvalue weighted by molar-refractivity contribution is 14.0. The predicted octanol–water partition coefficient (Wildman–Crippen LogP) is 3.76. The van der Waals surface area contributed by atoms with Crippen molar-refractivity contribution in [3.8, 4) is 11.5 Å². The molecular formula is C21H28IN3O2. The number of aryl methyl sites for hydroxylation is 1. The number of ether oxygens (including phenoxy) is 1. The third kappa shape index (κ3) is 5.51. The zero-order chi connectivity index (χ0) is 18.4. The molecule has 3 N–H and O–H groups in total. The van der Waals surface area contributed by atoms with Crippen molar-refractivity contribution in [1.82, 2.24) is 10.6 Å². The molecule has 0 saturated heterocycles. The highest BCUT2D eigenvalue weighted by atomic mass is 127. The number of halogens is 1. The van der Waals surface area contributed by atoms with Crippen molar-refractivity contribution in [3.63, 3.8) is 0 Å². The standard InChI is InChI=1S/C21H27N3O2.HI/c1-22-21(23-13-15-7-10-17(26-2)11-8-15)24-14-19-18-6-4-3-5-16(18)9-12-20(19)25;/h7-12,25H,3-6,13-14H2,1-2H3,(H2,22,23,24);1H. The molecule has 0 aliphatic heterocycles. The molecule has 1 aliphatic rings. The van der Waals surface area contributed by atoms with Gasteiger partial charge in [-0.15, -0.1) is 24.0 Å². The van der Waals surface area contributed by atoms with Gasteiger partial charge in [-0.1, -0.05) is 18.2 Å². The summed E-state index contributed by atoms with van der Waals surface area (Å²) in [7, 11) is 3.42. The number of benzene rings is 2. The first kappa shape index (κ1) is 21.3. The normalized spacial score (nSPS) is 13.3. The lowest BCUT2D eigenvalue weighted by atomic mass is 9.88. The van der Waals surface area contributed by atoms with Crippen LogP contribution in [0.3, 0.4) is 0 Å². The first-order chi connectivity index (χ1) is 12.7. The fourth-order valence-corrected chi connectivity index (χ4v) is 3.41. The summed E-state index contributed by atoms with van der Waals surface area (Å²) >= 11 is 0. The Morgan fingerprint density at radius 2 is 1.74 bits per heavy atom. The third-order valence-electron chi connectivity index (χ3n) is 4.90. The molecule has 5 nitrogen and oxygen atoms in total. The summed E-state index contributed by atoms with van der Waals surface area (Å²) in [4.78, 5) is 4.28.